The van der Waals surface area contributed by atoms with Crippen LogP contribution in [0.5, 0.6) is 0 Å². The average molecular weight is 595 g/mol. The number of aliphatic hydroxyl groups is 5. The molecule has 0 spiro atoms. The Morgan fingerprint density at radius 2 is 1.17 bits per heavy atom. The Balaban J connectivity index is 2.44. The Kier molecular flexibility index (Phi) is 13.4. The van der Waals surface area contributed by atoms with E-state index in [2.05, 4.69) is 0 Å². The summed E-state index contributed by atoms with van der Waals surface area (Å²) in [7, 11) is 0. The Bertz CT molecular complexity index is 863. The summed E-state index contributed by atoms with van der Waals surface area (Å²) in [5.74, 6) is -4.79. The Morgan fingerprint density at radius 1 is 0.707 bits per heavy atom. The standard InChI is InChI=1S/C27H46O14/c1-13(2)7-18(31)37-23-17(11-29)40-27(12-30,25(23)39-20(33)9-15(5)6)41-26-22(35)24(21(34)16(10-28)36-26)38-19(32)8-14(3)4/h13-17,21-26,28-30,34-35H,7-12H2,1-6H3. The molecule has 5 N–H and O–H groups in total. The summed E-state index contributed by atoms with van der Waals surface area (Å²) in [6, 6.07) is 0. The quantitative estimate of drug-likeness (QED) is 0.126. The van der Waals surface area contributed by atoms with Crippen LogP contribution < -0.4 is 0 Å². The molecule has 0 amide bonds. The fourth-order valence-electron chi connectivity index (χ4n) is 4.61. The van der Waals surface area contributed by atoms with Crippen molar-refractivity contribution >= 4 is 17.9 Å². The first-order valence-corrected chi connectivity index (χ1v) is 14.0. The third-order valence-corrected chi connectivity index (χ3v) is 6.51. The van der Waals surface area contributed by atoms with Crippen molar-refractivity contribution in [1.82, 2.24) is 0 Å². The number of esters is 3. The lowest BCUT2D eigenvalue weighted by atomic mass is 9.98. The molecule has 238 valence electrons. The normalized spacial score (nSPS) is 33.8. The molecule has 9 atom stereocenters. The molecule has 0 bridgehead atoms. The van der Waals surface area contributed by atoms with Crippen LogP contribution in [-0.2, 0) is 42.8 Å². The van der Waals surface area contributed by atoms with Gasteiger partial charge in [0.25, 0.3) is 0 Å². The van der Waals surface area contributed by atoms with Crippen LogP contribution in [0.2, 0.25) is 0 Å². The van der Waals surface area contributed by atoms with Gasteiger partial charge in [0.1, 0.15) is 31.0 Å². The van der Waals surface area contributed by atoms with E-state index in [1.165, 1.54) is 0 Å². The molecular formula is C27H46O14. The topological polar surface area (TPSA) is 208 Å². The molecule has 2 aliphatic heterocycles. The number of ether oxygens (including phenoxy) is 6. The van der Waals surface area contributed by atoms with Crippen LogP contribution in [0.15, 0.2) is 0 Å². The van der Waals surface area contributed by atoms with Crippen molar-refractivity contribution in [1.29, 1.82) is 0 Å². The summed E-state index contributed by atoms with van der Waals surface area (Å²) >= 11 is 0. The molecule has 2 fully saturated rings. The molecule has 14 heteroatoms. The van der Waals surface area contributed by atoms with Gasteiger partial charge in [-0.05, 0) is 17.8 Å². The van der Waals surface area contributed by atoms with Gasteiger partial charge in [-0.15, -0.1) is 0 Å². The van der Waals surface area contributed by atoms with E-state index in [4.69, 9.17) is 28.4 Å². The molecule has 14 nitrogen and oxygen atoms in total. The first kappa shape index (κ1) is 35.3. The lowest BCUT2D eigenvalue weighted by molar-refractivity contribution is -0.384. The number of carbonyl (C=O) groups excluding carboxylic acids is 3. The van der Waals surface area contributed by atoms with Gasteiger partial charge < -0.3 is 54.0 Å². The zero-order valence-corrected chi connectivity index (χ0v) is 24.5. The minimum Gasteiger partial charge on any atom is -0.456 e. The third-order valence-electron chi connectivity index (χ3n) is 6.51. The molecule has 2 aliphatic rings. The molecule has 0 saturated carbocycles. The molecule has 0 aliphatic carbocycles. The van der Waals surface area contributed by atoms with Crippen molar-refractivity contribution in [3.8, 4) is 0 Å². The number of rotatable bonds is 14. The second-order valence-electron chi connectivity index (χ2n) is 11.7. The second-order valence-corrected chi connectivity index (χ2v) is 11.7. The van der Waals surface area contributed by atoms with Crippen LogP contribution in [0.1, 0.15) is 60.8 Å². The van der Waals surface area contributed by atoms with Crippen LogP contribution >= 0.6 is 0 Å². The molecular weight excluding hydrogens is 548 g/mol. The molecule has 2 rings (SSSR count). The van der Waals surface area contributed by atoms with Crippen LogP contribution in [0, 0.1) is 17.8 Å². The SMILES string of the molecule is CC(C)CC(=O)OC1C(O)C(CO)OC(OC2(CO)OC(CO)C(OC(=O)CC(C)C)C2OC(=O)CC(C)C)C1O. The molecule has 2 saturated heterocycles. The zero-order valence-electron chi connectivity index (χ0n) is 24.5. The highest BCUT2D eigenvalue weighted by molar-refractivity contribution is 5.71. The fraction of sp³-hybridized carbons (Fsp3) is 0.889. The van der Waals surface area contributed by atoms with Crippen molar-refractivity contribution in [2.75, 3.05) is 19.8 Å². The summed E-state index contributed by atoms with van der Waals surface area (Å²) in [6.07, 6.45) is -12.8. The smallest absolute Gasteiger partial charge is 0.306 e. The van der Waals surface area contributed by atoms with Gasteiger partial charge in [-0.25, -0.2) is 0 Å². The number of carbonyl (C=O) groups is 3. The molecule has 0 radical (unpaired) electrons. The Labute approximate surface area is 239 Å². The highest BCUT2D eigenvalue weighted by Crippen LogP contribution is 2.40. The monoisotopic (exact) mass is 594 g/mol. The summed E-state index contributed by atoms with van der Waals surface area (Å²) in [6.45, 7) is 8.13. The van der Waals surface area contributed by atoms with Gasteiger partial charge in [-0.3, -0.25) is 14.4 Å². The fourth-order valence-corrected chi connectivity index (χ4v) is 4.61. The number of aliphatic hydroxyl groups excluding tert-OH is 5. The molecule has 0 aromatic carbocycles. The van der Waals surface area contributed by atoms with Gasteiger partial charge in [0.15, 0.2) is 24.6 Å². The minimum absolute atomic E-state index is 0.00175. The van der Waals surface area contributed by atoms with Crippen LogP contribution in [-0.4, -0.2) is 118 Å². The van der Waals surface area contributed by atoms with Gasteiger partial charge in [0.05, 0.1) is 13.2 Å². The third kappa shape index (κ3) is 9.29. The maximum atomic E-state index is 12.8. The molecule has 0 aromatic heterocycles. The summed E-state index contributed by atoms with van der Waals surface area (Å²) in [4.78, 5) is 37.7. The first-order valence-electron chi connectivity index (χ1n) is 14.0. The van der Waals surface area contributed by atoms with E-state index >= 15 is 0 Å². The van der Waals surface area contributed by atoms with Gasteiger partial charge in [-0.1, -0.05) is 41.5 Å². The number of hydrogen-bond acceptors (Lipinski definition) is 14. The van der Waals surface area contributed by atoms with Gasteiger partial charge >= 0.3 is 17.9 Å². The van der Waals surface area contributed by atoms with E-state index < -0.39 is 92.5 Å². The lowest BCUT2D eigenvalue weighted by Gasteiger charge is -2.44. The predicted octanol–water partition coefficient (Wildman–Crippen LogP) is -0.605. The van der Waals surface area contributed by atoms with E-state index in [1.807, 2.05) is 0 Å². The van der Waals surface area contributed by atoms with E-state index in [-0.39, 0.29) is 37.0 Å². The zero-order chi connectivity index (χ0) is 31.1. The molecule has 41 heavy (non-hydrogen) atoms. The second kappa shape index (κ2) is 15.5. The van der Waals surface area contributed by atoms with Crippen molar-refractivity contribution in [3.05, 3.63) is 0 Å². The first-order chi connectivity index (χ1) is 19.2. The lowest BCUT2D eigenvalue weighted by Crippen LogP contribution is -2.64. The summed E-state index contributed by atoms with van der Waals surface area (Å²) in [5, 5.41) is 52.0. The van der Waals surface area contributed by atoms with Gasteiger partial charge in [0, 0.05) is 19.3 Å². The average Bonchev–Trinajstić information content (AvgIpc) is 3.14. The maximum Gasteiger partial charge on any atom is 0.306 e. The van der Waals surface area contributed by atoms with Crippen LogP contribution in [0.3, 0.4) is 0 Å². The Morgan fingerprint density at radius 3 is 1.61 bits per heavy atom. The predicted molar refractivity (Wildman–Crippen MR) is 139 cm³/mol. The molecule has 0 aromatic rings. The van der Waals surface area contributed by atoms with Crippen molar-refractivity contribution in [2.45, 2.75) is 116 Å². The van der Waals surface area contributed by atoms with Crippen LogP contribution in [0.4, 0.5) is 0 Å². The summed E-state index contributed by atoms with van der Waals surface area (Å²) < 4.78 is 33.7. The van der Waals surface area contributed by atoms with E-state index in [9.17, 15) is 39.9 Å². The van der Waals surface area contributed by atoms with E-state index in [0.29, 0.717) is 0 Å². The Hall–Kier alpha value is -1.91. The maximum absolute atomic E-state index is 12.8. The highest BCUT2D eigenvalue weighted by Gasteiger charge is 2.63. The molecule has 9 unspecified atom stereocenters. The van der Waals surface area contributed by atoms with Gasteiger partial charge in [-0.2, -0.15) is 0 Å². The van der Waals surface area contributed by atoms with Crippen molar-refractivity contribution in [3.63, 3.8) is 0 Å². The minimum atomic E-state index is -2.34. The van der Waals surface area contributed by atoms with Crippen molar-refractivity contribution in [2.24, 2.45) is 17.8 Å². The van der Waals surface area contributed by atoms with E-state index in [1.54, 1.807) is 41.5 Å². The van der Waals surface area contributed by atoms with E-state index in [0.717, 1.165) is 0 Å². The number of hydrogen-bond donors (Lipinski definition) is 5. The summed E-state index contributed by atoms with van der Waals surface area (Å²) in [5.41, 5.74) is 0. The van der Waals surface area contributed by atoms with Crippen LogP contribution in [0.25, 0.3) is 0 Å². The van der Waals surface area contributed by atoms with Gasteiger partial charge in [0.2, 0.25) is 5.79 Å². The highest BCUT2D eigenvalue weighted by atomic mass is 16.8. The molecule has 2 heterocycles. The largest absolute Gasteiger partial charge is 0.456 e. The van der Waals surface area contributed by atoms with Crippen molar-refractivity contribution < 1.29 is 68.3 Å².